The van der Waals surface area contributed by atoms with E-state index < -0.39 is 14.0 Å². The normalized spacial score (nSPS) is 12.2. The van der Waals surface area contributed by atoms with Gasteiger partial charge in [-0.25, -0.2) is 0 Å². The minimum atomic E-state index is -1.27. The molecular formula is C45H46IrN2SSi-2. The number of hydrogen-bond donors (Lipinski definition) is 0. The molecule has 257 valence electrons. The van der Waals surface area contributed by atoms with E-state index >= 15 is 0 Å². The van der Waals surface area contributed by atoms with Crippen molar-refractivity contribution in [3.8, 4) is 33.6 Å². The van der Waals surface area contributed by atoms with Gasteiger partial charge in [-0.2, -0.15) is 11.3 Å². The molecule has 7 aromatic rings. The van der Waals surface area contributed by atoms with Crippen molar-refractivity contribution in [1.82, 2.24) is 9.97 Å². The molecule has 2 nitrogen and oxygen atoms in total. The van der Waals surface area contributed by atoms with Crippen LogP contribution in [0.5, 0.6) is 0 Å². The van der Waals surface area contributed by atoms with E-state index in [1.807, 2.05) is 61.7 Å². The molecule has 0 aliphatic carbocycles. The van der Waals surface area contributed by atoms with Gasteiger partial charge in [0.25, 0.3) is 0 Å². The molecule has 0 spiro atoms. The predicted octanol–water partition coefficient (Wildman–Crippen LogP) is 12.4. The average Bonchev–Trinajstić information content (AvgIpc) is 3.47. The molecular weight excluding hydrogens is 821 g/mol. The first kappa shape index (κ1) is 36.1. The Hall–Kier alpha value is -3.73. The average molecular weight is 868 g/mol. The molecule has 0 saturated carbocycles. The number of aryl methyl sites for hydroxylation is 1. The Kier molecular flexibility index (Phi) is 11.0. The summed E-state index contributed by atoms with van der Waals surface area (Å²) in [5.74, 6) is -0.678. The summed E-state index contributed by atoms with van der Waals surface area (Å²) in [5.41, 5.74) is 10.1. The number of nitrogens with zero attached hydrogens (tertiary/aromatic N) is 2. The summed E-state index contributed by atoms with van der Waals surface area (Å²) in [6, 6.07) is 40.5. The number of benzene rings is 4. The predicted molar refractivity (Wildman–Crippen MR) is 216 cm³/mol. The van der Waals surface area contributed by atoms with Gasteiger partial charge in [-0.1, -0.05) is 136 Å². The van der Waals surface area contributed by atoms with Crippen LogP contribution in [0.2, 0.25) is 19.6 Å². The van der Waals surface area contributed by atoms with Crippen LogP contribution in [0, 0.1) is 19.1 Å². The first-order chi connectivity index (χ1) is 23.6. The molecule has 0 saturated heterocycles. The van der Waals surface area contributed by atoms with Gasteiger partial charge in [0.15, 0.2) is 0 Å². The molecule has 0 aliphatic heterocycles. The van der Waals surface area contributed by atoms with Crippen molar-refractivity contribution in [3.05, 3.63) is 138 Å². The summed E-state index contributed by atoms with van der Waals surface area (Å²) in [7, 11) is -1.27. The second-order valence-electron chi connectivity index (χ2n) is 15.1. The van der Waals surface area contributed by atoms with Crippen LogP contribution in [0.25, 0.3) is 53.8 Å². The number of rotatable bonds is 5. The van der Waals surface area contributed by atoms with Gasteiger partial charge in [0, 0.05) is 38.6 Å². The molecule has 0 bridgehead atoms. The fourth-order valence-corrected chi connectivity index (χ4v) is 9.22. The molecule has 0 aliphatic rings. The zero-order chi connectivity index (χ0) is 35.8. The Morgan fingerprint density at radius 1 is 0.840 bits per heavy atom. The summed E-state index contributed by atoms with van der Waals surface area (Å²) >= 11 is 1.82. The number of hydrogen-bond acceptors (Lipinski definition) is 3. The molecule has 0 unspecified atom stereocenters. The van der Waals surface area contributed by atoms with E-state index in [2.05, 4.69) is 137 Å². The molecule has 0 atom stereocenters. The first-order valence-electron chi connectivity index (χ1n) is 17.5. The van der Waals surface area contributed by atoms with E-state index in [1.54, 1.807) is 0 Å². The summed E-state index contributed by atoms with van der Waals surface area (Å²) in [6.45, 7) is 19.8. The second kappa shape index (κ2) is 15.2. The molecule has 7 rings (SSSR count). The van der Waals surface area contributed by atoms with E-state index in [0.717, 1.165) is 28.1 Å². The van der Waals surface area contributed by atoms with Crippen molar-refractivity contribution in [3.63, 3.8) is 0 Å². The van der Waals surface area contributed by atoms with Crippen molar-refractivity contribution in [2.45, 2.75) is 72.5 Å². The number of thiophene rings is 1. The van der Waals surface area contributed by atoms with E-state index in [4.69, 9.17) is 6.35 Å². The van der Waals surface area contributed by atoms with Gasteiger partial charge in [-0.3, -0.25) is 0 Å². The Balaban J connectivity index is 0.000000237. The van der Waals surface area contributed by atoms with Crippen LogP contribution in [0.3, 0.4) is 0 Å². The maximum Gasteiger partial charge on any atom is 0.0798 e. The molecule has 0 fully saturated rings. The van der Waals surface area contributed by atoms with Gasteiger partial charge in [-0.15, -0.1) is 53.6 Å². The summed E-state index contributed by atoms with van der Waals surface area (Å²) in [4.78, 5) is 9.27. The van der Waals surface area contributed by atoms with Gasteiger partial charge in [0.05, 0.1) is 8.07 Å². The van der Waals surface area contributed by atoms with Gasteiger partial charge in [-0.05, 0) is 62.6 Å². The van der Waals surface area contributed by atoms with Gasteiger partial charge in [0.2, 0.25) is 0 Å². The van der Waals surface area contributed by atoms with Crippen LogP contribution >= 0.6 is 11.3 Å². The quantitative estimate of drug-likeness (QED) is 0.127. The SMILES string of the molecule is Cc1cc(-c2[c-]cccc2)ncc1[Si](C)(C)C.[2H]C(C)(C)c1ccnc(-c2[c-]cc(-c3ccccc3)c3c2sc2cc(C(C)(C)C)ccc23)c1.[Ir]. The van der Waals surface area contributed by atoms with Crippen molar-refractivity contribution >= 4 is 44.8 Å². The maximum absolute atomic E-state index is 8.48. The third-order valence-corrected chi connectivity index (χ3v) is 12.3. The van der Waals surface area contributed by atoms with Crippen LogP contribution in [-0.2, 0) is 25.5 Å². The van der Waals surface area contributed by atoms with Crippen LogP contribution in [0.15, 0.2) is 109 Å². The molecule has 4 aromatic carbocycles. The molecule has 1 radical (unpaired) electrons. The third-order valence-electron chi connectivity index (χ3n) is 9.00. The molecule has 5 heteroatoms. The van der Waals surface area contributed by atoms with E-state index in [-0.39, 0.29) is 25.5 Å². The van der Waals surface area contributed by atoms with Crippen LogP contribution < -0.4 is 5.19 Å². The Labute approximate surface area is 318 Å². The number of pyridine rings is 2. The first-order valence-corrected chi connectivity index (χ1v) is 21.3. The van der Waals surface area contributed by atoms with Crippen LogP contribution in [0.4, 0.5) is 0 Å². The molecule has 3 aromatic heterocycles. The molecule has 50 heavy (non-hydrogen) atoms. The third kappa shape index (κ3) is 8.08. The van der Waals surface area contributed by atoms with E-state index in [1.165, 1.54) is 47.6 Å². The topological polar surface area (TPSA) is 25.8 Å². The number of fused-ring (bicyclic) bond motifs is 3. The van der Waals surface area contributed by atoms with Crippen molar-refractivity contribution in [2.24, 2.45) is 0 Å². The summed E-state index contributed by atoms with van der Waals surface area (Å²) < 4.78 is 11.0. The summed E-state index contributed by atoms with van der Waals surface area (Å²) in [6.07, 6.45) is 3.87. The Bertz CT molecular complexity index is 2280. The smallest absolute Gasteiger partial charge is 0.0798 e. The second-order valence-corrected chi connectivity index (χ2v) is 21.1. The van der Waals surface area contributed by atoms with Crippen LogP contribution in [0.1, 0.15) is 58.6 Å². The van der Waals surface area contributed by atoms with E-state index in [9.17, 15) is 0 Å². The van der Waals surface area contributed by atoms with Gasteiger partial charge >= 0.3 is 0 Å². The fourth-order valence-electron chi connectivity index (χ4n) is 6.24. The maximum atomic E-state index is 8.48. The van der Waals surface area contributed by atoms with Crippen molar-refractivity contribution in [1.29, 1.82) is 0 Å². The largest absolute Gasteiger partial charge is 0.305 e. The monoisotopic (exact) mass is 868 g/mol. The standard InChI is InChI=1S/C30H28NS.C15H18NSi.Ir/c1-19(2)21-15-16-31-26(17-21)24-14-13-23(20-9-7-6-8-10-20)28-25-12-11-22(30(3,4)5)18-27(25)32-29(24)28;1-12-10-14(13-8-6-5-7-9-13)16-11-15(12)17(2,3)4;/h6-13,15-19H,1-5H3;5-8,10-11H,1-4H3;/q2*-1;/i19D;;. The minimum absolute atomic E-state index is 0. The van der Waals surface area contributed by atoms with Gasteiger partial charge in [0.1, 0.15) is 0 Å². The van der Waals surface area contributed by atoms with E-state index in [0.29, 0.717) is 0 Å². The number of aromatic nitrogens is 2. The van der Waals surface area contributed by atoms with Crippen molar-refractivity contribution in [2.75, 3.05) is 0 Å². The van der Waals surface area contributed by atoms with Crippen molar-refractivity contribution < 1.29 is 21.5 Å². The minimum Gasteiger partial charge on any atom is -0.305 e. The summed E-state index contributed by atoms with van der Waals surface area (Å²) in [5, 5.41) is 3.97. The van der Waals surface area contributed by atoms with Gasteiger partial charge < -0.3 is 9.97 Å². The fraction of sp³-hybridized carbons (Fsp3) is 0.244. The van der Waals surface area contributed by atoms with Crippen LogP contribution in [-0.4, -0.2) is 18.0 Å². The molecule has 0 N–H and O–H groups in total. The Morgan fingerprint density at radius 2 is 1.58 bits per heavy atom. The zero-order valence-electron chi connectivity index (χ0n) is 31.5. The zero-order valence-corrected chi connectivity index (χ0v) is 34.7. The molecule has 3 heterocycles. The molecule has 0 amide bonds. The Morgan fingerprint density at radius 3 is 2.22 bits per heavy atom.